The zero-order chi connectivity index (χ0) is 26.7. The Morgan fingerprint density at radius 1 is 1.05 bits per heavy atom. The normalized spacial score (nSPS) is 16.0. The summed E-state index contributed by atoms with van der Waals surface area (Å²) >= 11 is 14.1. The minimum atomic E-state index is 0.144. The van der Waals surface area contributed by atoms with Gasteiger partial charge in [0.2, 0.25) is 5.91 Å². The SMILES string of the molecule is CC1CCCCN1CCCNC(=O)CCCCSc1nnc(Cc2ccccc2)n1-c1ccc(Cl)c(Cl)c1. The quantitative estimate of drug-likeness (QED) is 0.180. The summed E-state index contributed by atoms with van der Waals surface area (Å²) in [7, 11) is 0. The van der Waals surface area contributed by atoms with Crippen molar-refractivity contribution in [1.29, 1.82) is 0 Å². The van der Waals surface area contributed by atoms with Gasteiger partial charge in [-0.1, -0.05) is 71.7 Å². The van der Waals surface area contributed by atoms with E-state index in [4.69, 9.17) is 23.2 Å². The van der Waals surface area contributed by atoms with Crippen LogP contribution < -0.4 is 5.32 Å². The number of carbonyl (C=O) groups is 1. The van der Waals surface area contributed by atoms with Gasteiger partial charge in [-0.2, -0.15) is 0 Å². The van der Waals surface area contributed by atoms with Gasteiger partial charge in [0, 0.05) is 37.7 Å². The number of likely N-dealkylation sites (tertiary alicyclic amines) is 1. The highest BCUT2D eigenvalue weighted by Gasteiger charge is 2.18. The highest BCUT2D eigenvalue weighted by Crippen LogP contribution is 2.29. The van der Waals surface area contributed by atoms with Crippen LogP contribution in [0.5, 0.6) is 0 Å². The third-order valence-corrected chi connectivity index (χ3v) is 8.74. The Morgan fingerprint density at radius 2 is 1.89 bits per heavy atom. The van der Waals surface area contributed by atoms with E-state index in [1.165, 1.54) is 25.8 Å². The Labute approximate surface area is 240 Å². The van der Waals surface area contributed by atoms with Crippen molar-refractivity contribution < 1.29 is 4.79 Å². The van der Waals surface area contributed by atoms with E-state index in [1.54, 1.807) is 17.8 Å². The predicted octanol–water partition coefficient (Wildman–Crippen LogP) is 6.81. The van der Waals surface area contributed by atoms with Gasteiger partial charge in [-0.3, -0.25) is 9.36 Å². The maximum atomic E-state index is 12.3. The Morgan fingerprint density at radius 3 is 2.68 bits per heavy atom. The molecule has 4 rings (SSSR count). The molecule has 6 nitrogen and oxygen atoms in total. The number of rotatable bonds is 13. The first-order valence-electron chi connectivity index (χ1n) is 13.6. The number of hydrogen-bond donors (Lipinski definition) is 1. The topological polar surface area (TPSA) is 63.1 Å². The summed E-state index contributed by atoms with van der Waals surface area (Å²) in [6.07, 6.45) is 7.93. The number of halogens is 2. The summed E-state index contributed by atoms with van der Waals surface area (Å²) in [5.74, 6) is 1.84. The maximum Gasteiger partial charge on any atom is 0.219 e. The lowest BCUT2D eigenvalue weighted by atomic mass is 10.0. The molecule has 0 spiro atoms. The van der Waals surface area contributed by atoms with Crippen molar-refractivity contribution in [3.05, 3.63) is 70.0 Å². The van der Waals surface area contributed by atoms with E-state index >= 15 is 0 Å². The Bertz CT molecular complexity index is 1170. The molecule has 1 aliphatic heterocycles. The molecular weight excluding hydrogens is 537 g/mol. The standard InChI is InChI=1S/C29H37Cl2N5OS/c1-22-10-5-7-17-35(22)18-9-16-32-28(37)13-6-8-19-38-29-34-33-27(20-23-11-3-2-4-12-23)36(29)24-14-15-25(30)26(31)21-24/h2-4,11-12,14-15,21-22H,5-10,13,16-20H2,1H3,(H,32,37). The first-order valence-corrected chi connectivity index (χ1v) is 15.3. The minimum Gasteiger partial charge on any atom is -0.356 e. The predicted molar refractivity (Wildman–Crippen MR) is 158 cm³/mol. The third kappa shape index (κ3) is 8.47. The number of piperidine rings is 1. The number of nitrogens with one attached hydrogen (secondary N) is 1. The van der Waals surface area contributed by atoms with Crippen LogP contribution in [0.15, 0.2) is 53.7 Å². The van der Waals surface area contributed by atoms with Gasteiger partial charge in [-0.15, -0.1) is 10.2 Å². The molecule has 1 unspecified atom stereocenters. The molecule has 204 valence electrons. The monoisotopic (exact) mass is 573 g/mol. The van der Waals surface area contributed by atoms with E-state index < -0.39 is 0 Å². The average Bonchev–Trinajstić information content (AvgIpc) is 3.31. The first-order chi connectivity index (χ1) is 18.5. The number of amides is 1. The summed E-state index contributed by atoms with van der Waals surface area (Å²) < 4.78 is 2.05. The Balaban J connectivity index is 1.24. The molecule has 0 radical (unpaired) electrons. The summed E-state index contributed by atoms with van der Waals surface area (Å²) in [4.78, 5) is 14.8. The van der Waals surface area contributed by atoms with Crippen molar-refractivity contribution in [3.63, 3.8) is 0 Å². The maximum absolute atomic E-state index is 12.3. The van der Waals surface area contributed by atoms with Crippen LogP contribution in [0.4, 0.5) is 0 Å². The van der Waals surface area contributed by atoms with Crippen molar-refractivity contribution in [2.45, 2.75) is 69.5 Å². The fourth-order valence-electron chi connectivity index (χ4n) is 4.81. The van der Waals surface area contributed by atoms with Crippen molar-refractivity contribution >= 4 is 40.9 Å². The summed E-state index contributed by atoms with van der Waals surface area (Å²) in [5.41, 5.74) is 2.05. The second kappa shape index (κ2) is 14.9. The number of hydrogen-bond acceptors (Lipinski definition) is 5. The molecule has 1 aliphatic rings. The van der Waals surface area contributed by atoms with Crippen molar-refractivity contribution in [1.82, 2.24) is 25.0 Å². The van der Waals surface area contributed by atoms with Crippen LogP contribution in [0.25, 0.3) is 5.69 Å². The highest BCUT2D eigenvalue weighted by atomic mass is 35.5. The van der Waals surface area contributed by atoms with Crippen LogP contribution in [0.2, 0.25) is 10.0 Å². The summed E-state index contributed by atoms with van der Waals surface area (Å²) in [5, 5.41) is 13.9. The molecule has 2 aromatic carbocycles. The van der Waals surface area contributed by atoms with Crippen LogP contribution in [0, 0.1) is 0 Å². The second-order valence-electron chi connectivity index (χ2n) is 9.88. The molecule has 1 atom stereocenters. The molecule has 3 aromatic rings. The molecular formula is C29H37Cl2N5OS. The van der Waals surface area contributed by atoms with E-state index in [0.29, 0.717) is 28.9 Å². The number of unbranched alkanes of at least 4 members (excludes halogenated alkanes) is 1. The summed E-state index contributed by atoms with van der Waals surface area (Å²) in [6.45, 7) is 5.34. The number of carbonyl (C=O) groups excluding carboxylic acids is 1. The smallest absolute Gasteiger partial charge is 0.219 e. The fourth-order valence-corrected chi connectivity index (χ4v) is 6.07. The molecule has 38 heavy (non-hydrogen) atoms. The average molecular weight is 575 g/mol. The van der Waals surface area contributed by atoms with Gasteiger partial charge in [0.1, 0.15) is 5.82 Å². The van der Waals surface area contributed by atoms with E-state index in [-0.39, 0.29) is 5.91 Å². The number of benzene rings is 2. The molecule has 0 saturated carbocycles. The van der Waals surface area contributed by atoms with Crippen molar-refractivity contribution in [2.75, 3.05) is 25.4 Å². The zero-order valence-corrected chi connectivity index (χ0v) is 24.4. The van der Waals surface area contributed by atoms with Crippen LogP contribution >= 0.6 is 35.0 Å². The van der Waals surface area contributed by atoms with Gasteiger partial charge in [0.05, 0.1) is 15.7 Å². The second-order valence-corrected chi connectivity index (χ2v) is 11.8. The molecule has 1 saturated heterocycles. The lowest BCUT2D eigenvalue weighted by molar-refractivity contribution is -0.121. The van der Waals surface area contributed by atoms with Gasteiger partial charge in [0.25, 0.3) is 0 Å². The highest BCUT2D eigenvalue weighted by molar-refractivity contribution is 7.99. The van der Waals surface area contributed by atoms with Gasteiger partial charge < -0.3 is 10.2 Å². The van der Waals surface area contributed by atoms with Crippen molar-refractivity contribution in [2.24, 2.45) is 0 Å². The molecule has 1 N–H and O–H groups in total. The van der Waals surface area contributed by atoms with Gasteiger partial charge in [0.15, 0.2) is 5.16 Å². The molecule has 1 amide bonds. The molecule has 0 bridgehead atoms. The number of nitrogens with zero attached hydrogens (tertiary/aromatic N) is 4. The number of aromatic nitrogens is 3. The Kier molecular flexibility index (Phi) is 11.4. The lowest BCUT2D eigenvalue weighted by Gasteiger charge is -2.33. The molecule has 1 aromatic heterocycles. The molecule has 1 fully saturated rings. The van der Waals surface area contributed by atoms with E-state index in [1.807, 2.05) is 30.3 Å². The van der Waals surface area contributed by atoms with Gasteiger partial charge in [-0.25, -0.2) is 0 Å². The third-order valence-electron chi connectivity index (χ3n) is 6.98. The van der Waals surface area contributed by atoms with Crippen molar-refractivity contribution in [3.8, 4) is 5.69 Å². The van der Waals surface area contributed by atoms with Crippen LogP contribution in [-0.2, 0) is 11.2 Å². The molecule has 0 aliphatic carbocycles. The van der Waals surface area contributed by atoms with Gasteiger partial charge >= 0.3 is 0 Å². The molecule has 2 heterocycles. The largest absolute Gasteiger partial charge is 0.356 e. The van der Waals surface area contributed by atoms with E-state index in [2.05, 4.69) is 44.0 Å². The fraction of sp³-hybridized carbons (Fsp3) is 0.483. The summed E-state index contributed by atoms with van der Waals surface area (Å²) in [6, 6.07) is 16.5. The van der Waals surface area contributed by atoms with Gasteiger partial charge in [-0.05, 0) is 69.3 Å². The Hall–Kier alpha value is -2.06. The van der Waals surface area contributed by atoms with E-state index in [9.17, 15) is 4.79 Å². The van der Waals surface area contributed by atoms with Crippen LogP contribution in [0.1, 0.15) is 63.3 Å². The van der Waals surface area contributed by atoms with Crippen LogP contribution in [-0.4, -0.2) is 57.0 Å². The number of thioether (sulfide) groups is 1. The lowest BCUT2D eigenvalue weighted by Crippen LogP contribution is -2.39. The first kappa shape index (κ1) is 28.9. The minimum absolute atomic E-state index is 0.144. The zero-order valence-electron chi connectivity index (χ0n) is 22.0. The van der Waals surface area contributed by atoms with E-state index in [0.717, 1.165) is 60.3 Å². The van der Waals surface area contributed by atoms with Crippen LogP contribution in [0.3, 0.4) is 0 Å². The molecule has 9 heteroatoms.